The maximum atomic E-state index is 14.3. The Kier molecular flexibility index (Phi) is 23.6. The number of aryl methyl sites for hydroxylation is 1. The van der Waals surface area contributed by atoms with Crippen molar-refractivity contribution in [1.29, 1.82) is 0 Å². The zero-order valence-electron chi connectivity index (χ0n) is 62.3. The standard InChI is InChI=1S/C76H90N10O24S3/c1-45-52(50-16-17-57(80-61(50)67(95)96)83-22-20-47-10-8-11-51(53(47)32-83)66(94)81-70-79-54-12-4-5-13-56(54)111-70)31-78-85(45)42-74-37-72(2)36-73(3,38-74)40-76(39-72,41-74)108-25-23-82(24-27-112(100,101)102)71(99)107-34-48-15-14-46(29-55(48)109-69-64(93)62(91)63(92)65(110-69)68(97)98)9-6-7-21-77-58(88)33-84-43-75(44-87,86-59(89)18-19-60(86)90)30-49(84)35-106-26-28-113(103,104)105/h4-5,8,10-19,29,31,44,49,62-65,69,91-93H,6-7,9,20-28,30,32-43H2,1-3H3,(H,77,88)(H,95,96)(H,97,98)(H,79,81,94)(H,100,101,102)(H,103,104,105)/t49-,62-,63-,64+,65-,69+,72?,73?,74?,75+,76?/m0/s1. The molecule has 5 amide bonds. The summed E-state index contributed by atoms with van der Waals surface area (Å²) in [6, 6.07) is 20.7. The van der Waals surface area contributed by atoms with Crippen LogP contribution in [0.4, 0.5) is 15.7 Å². The van der Waals surface area contributed by atoms with Crippen molar-refractivity contribution >= 4 is 101 Å². The van der Waals surface area contributed by atoms with Gasteiger partial charge >= 0.3 is 18.0 Å². The van der Waals surface area contributed by atoms with Crippen molar-refractivity contribution in [2.45, 2.75) is 159 Å². The third-order valence-electron chi connectivity index (χ3n) is 22.6. The lowest BCUT2D eigenvalue weighted by molar-refractivity contribution is -0.271. The van der Waals surface area contributed by atoms with Crippen LogP contribution in [-0.4, -0.2) is 252 Å². The number of nitrogens with zero attached hydrogens (tertiary/aromatic N) is 8. The summed E-state index contributed by atoms with van der Waals surface area (Å²) in [6.45, 7) is 5.17. The average Bonchev–Trinajstić information content (AvgIpc) is 1.40. The minimum atomic E-state index is -4.65. The van der Waals surface area contributed by atoms with Crippen LogP contribution in [0.1, 0.15) is 120 Å². The number of fused-ring (bicyclic) bond motifs is 2. The highest BCUT2D eigenvalue weighted by atomic mass is 32.2. The molecule has 8 aliphatic rings. The van der Waals surface area contributed by atoms with Gasteiger partial charge in [-0.3, -0.25) is 48.1 Å². The lowest BCUT2D eigenvalue weighted by Gasteiger charge is -2.69. The van der Waals surface area contributed by atoms with Gasteiger partial charge < -0.3 is 69.1 Å². The van der Waals surface area contributed by atoms with Crippen LogP contribution in [-0.2, 0) is 95.7 Å². The summed E-state index contributed by atoms with van der Waals surface area (Å²) in [5, 5.41) is 64.1. The number of aromatic carboxylic acids is 1. The van der Waals surface area contributed by atoms with Gasteiger partial charge in [-0.05, 0) is 147 Å². The van der Waals surface area contributed by atoms with Crippen LogP contribution in [0.5, 0.6) is 5.75 Å². The molecule has 4 aliphatic heterocycles. The zero-order valence-corrected chi connectivity index (χ0v) is 64.7. The SMILES string of the molecule is Cc1c(-c2ccc(N3CCc4cccc(C(=O)Nc5nc6ccccc6s5)c4C3)nc2C(=O)O)cnn1CC12CC3(C)CC(C)(C1)CC(OCCN(CCS(=O)(=O)O)C(=O)OCc1ccc(CCCCNC(=O)CN4C[C@](C=O)(N5C(=O)C=CC5=O)C[C@H]4COCCS(=O)(=O)O)cc1O[C@@H]1O[C@H](C(=O)O)[C@@H](O)[C@H](O)[C@H]1O)(C3)C2. The van der Waals surface area contributed by atoms with Gasteiger partial charge in [0.25, 0.3) is 38.0 Å². The quantitative estimate of drug-likeness (QED) is 0.0118. The number of aliphatic carboxylic acids is 1. The molecule has 113 heavy (non-hydrogen) atoms. The molecule has 9 atom stereocenters. The number of para-hydroxylation sites is 1. The number of pyridine rings is 1. The molecule has 606 valence electrons. The molecule has 6 aromatic rings. The van der Waals surface area contributed by atoms with E-state index in [0.29, 0.717) is 97.6 Å². The van der Waals surface area contributed by atoms with E-state index in [1.165, 1.54) is 28.4 Å². The van der Waals surface area contributed by atoms with Gasteiger partial charge in [0.2, 0.25) is 12.2 Å². The second-order valence-electron chi connectivity index (χ2n) is 31.6. The second-order valence-corrected chi connectivity index (χ2v) is 35.7. The number of carboxylic acids is 2. The van der Waals surface area contributed by atoms with Gasteiger partial charge in [0.05, 0.1) is 59.9 Å². The van der Waals surface area contributed by atoms with Gasteiger partial charge in [-0.25, -0.2) is 24.4 Å². The van der Waals surface area contributed by atoms with Gasteiger partial charge in [-0.1, -0.05) is 61.6 Å². The molecule has 4 aliphatic carbocycles. The van der Waals surface area contributed by atoms with Crippen LogP contribution < -0.4 is 20.3 Å². The minimum absolute atomic E-state index is 0.0908. The lowest BCUT2D eigenvalue weighted by atomic mass is 9.39. The van der Waals surface area contributed by atoms with Crippen molar-refractivity contribution in [3.05, 3.63) is 130 Å². The first-order valence-corrected chi connectivity index (χ1v) is 41.2. The number of benzene rings is 3. The summed E-state index contributed by atoms with van der Waals surface area (Å²) < 4.78 is 99.1. The zero-order chi connectivity index (χ0) is 80.7. The molecule has 4 saturated carbocycles. The Morgan fingerprint density at radius 2 is 1.57 bits per heavy atom. The average molecular weight is 1620 g/mol. The number of anilines is 2. The van der Waals surface area contributed by atoms with Crippen molar-refractivity contribution in [3.8, 4) is 16.9 Å². The smallest absolute Gasteiger partial charge is 0.410 e. The monoisotopic (exact) mass is 1620 g/mol. The topological polar surface area (TPSA) is 473 Å². The number of thiazole rings is 1. The number of amides is 5. The Labute approximate surface area is 653 Å². The predicted molar refractivity (Wildman–Crippen MR) is 403 cm³/mol. The lowest BCUT2D eigenvalue weighted by Crippen LogP contribution is -2.64. The van der Waals surface area contributed by atoms with Gasteiger partial charge in [0.15, 0.2) is 16.9 Å². The number of aliphatic hydroxyl groups excluding tert-OH is 3. The number of imide groups is 1. The highest BCUT2D eigenvalue weighted by molar-refractivity contribution is 7.86. The molecule has 0 spiro atoms. The predicted octanol–water partition coefficient (Wildman–Crippen LogP) is 4.59. The van der Waals surface area contributed by atoms with Crippen LogP contribution >= 0.6 is 11.3 Å². The number of hydrogen-bond donors (Lipinski definition) is 9. The highest BCUT2D eigenvalue weighted by Crippen LogP contribution is 2.72. The number of rotatable bonds is 33. The largest absolute Gasteiger partial charge is 0.479 e. The minimum Gasteiger partial charge on any atom is -0.479 e. The Bertz CT molecular complexity index is 4910. The number of carbonyl (C=O) groups is 8. The summed E-state index contributed by atoms with van der Waals surface area (Å²) in [6.07, 6.45) is -0.932. The number of carbonyl (C=O) groups excluding carboxylic acids is 6. The number of likely N-dealkylation sites (tertiary alicyclic amines) is 1. The molecular formula is C76H90N10O24S3. The van der Waals surface area contributed by atoms with Crippen molar-refractivity contribution in [2.24, 2.45) is 16.2 Å². The van der Waals surface area contributed by atoms with E-state index in [1.807, 2.05) is 52.9 Å². The molecule has 6 fully saturated rings. The van der Waals surface area contributed by atoms with Gasteiger partial charge in [0.1, 0.15) is 48.3 Å². The number of aromatic nitrogens is 4. The van der Waals surface area contributed by atoms with Gasteiger partial charge in [-0.2, -0.15) is 21.9 Å². The summed E-state index contributed by atoms with van der Waals surface area (Å²) >= 11 is 1.38. The number of unbranched alkanes of at least 4 members (excludes halogenated alkanes) is 1. The summed E-state index contributed by atoms with van der Waals surface area (Å²) in [4.78, 5) is 120. The van der Waals surface area contributed by atoms with E-state index in [4.69, 9.17) is 33.8 Å². The van der Waals surface area contributed by atoms with E-state index in [9.17, 15) is 89.8 Å². The first kappa shape index (κ1) is 81.8. The van der Waals surface area contributed by atoms with Crippen LogP contribution in [0.15, 0.2) is 91.1 Å². The number of aliphatic hydroxyl groups is 3. The maximum absolute atomic E-state index is 14.3. The third-order valence-corrected chi connectivity index (χ3v) is 24.9. The second kappa shape index (κ2) is 32.6. The van der Waals surface area contributed by atoms with E-state index in [2.05, 4.69) is 29.5 Å². The maximum Gasteiger partial charge on any atom is 0.410 e. The fraction of sp³-hybridized carbons (Fsp3) is 0.513. The van der Waals surface area contributed by atoms with E-state index in [0.717, 1.165) is 68.3 Å². The fourth-order valence-corrected chi connectivity index (χ4v) is 20.3. The van der Waals surface area contributed by atoms with E-state index in [-0.39, 0.29) is 91.4 Å². The Morgan fingerprint density at radius 1 is 0.823 bits per heavy atom. The molecule has 3 aromatic carbocycles. The summed E-state index contributed by atoms with van der Waals surface area (Å²) in [5.74, 6) is -6.49. The molecule has 37 heteroatoms. The van der Waals surface area contributed by atoms with Gasteiger partial charge in [0, 0.05) is 92.0 Å². The Morgan fingerprint density at radius 3 is 2.27 bits per heavy atom. The summed E-state index contributed by atoms with van der Waals surface area (Å²) in [7, 11) is -9.03. The molecule has 3 aromatic heterocycles. The number of hydrogen-bond acceptors (Lipinski definition) is 26. The van der Waals surface area contributed by atoms with E-state index >= 15 is 0 Å². The Balaban J connectivity index is 0.656. The van der Waals surface area contributed by atoms with Crippen LogP contribution in [0, 0.1) is 23.2 Å². The molecule has 9 N–H and O–H groups in total. The van der Waals surface area contributed by atoms with Gasteiger partial charge in [-0.15, -0.1) is 0 Å². The van der Waals surface area contributed by atoms with Crippen molar-refractivity contribution in [2.75, 3.05) is 80.8 Å². The molecule has 34 nitrogen and oxygen atoms in total. The van der Waals surface area contributed by atoms with Crippen LogP contribution in [0.2, 0.25) is 0 Å². The Hall–Kier alpha value is -9.25. The molecular weight excluding hydrogens is 1530 g/mol. The highest BCUT2D eigenvalue weighted by Gasteiger charge is 2.66. The molecule has 2 unspecified atom stereocenters. The number of ether oxygens (including phenoxy) is 5. The van der Waals surface area contributed by atoms with E-state index in [1.54, 1.807) is 30.5 Å². The third kappa shape index (κ3) is 18.3. The van der Waals surface area contributed by atoms with Crippen molar-refractivity contribution < 1.29 is 114 Å². The first-order valence-electron chi connectivity index (χ1n) is 37.1. The van der Waals surface area contributed by atoms with Crippen molar-refractivity contribution in [3.63, 3.8) is 0 Å². The molecule has 4 bridgehead atoms. The number of nitrogens with one attached hydrogen (secondary N) is 2. The first-order chi connectivity index (χ1) is 53.5. The molecule has 0 radical (unpaired) electrons. The molecule has 14 rings (SSSR count). The number of aldehydes is 1. The molecule has 7 heterocycles. The summed E-state index contributed by atoms with van der Waals surface area (Å²) in [5.41, 5.74) is 2.14. The van der Waals surface area contributed by atoms with Crippen molar-refractivity contribution in [1.82, 2.24) is 39.8 Å². The fourth-order valence-electron chi connectivity index (χ4n) is 18.7. The van der Waals surface area contributed by atoms with Crippen LogP contribution in [0.3, 0.4) is 0 Å². The van der Waals surface area contributed by atoms with E-state index < -0.39 is 135 Å². The normalized spacial score (nSPS) is 26.7. The van der Waals surface area contributed by atoms with Crippen LogP contribution in [0.25, 0.3) is 21.3 Å². The number of carboxylic acid groups (broad SMARTS) is 2. The molecule has 2 saturated heterocycles.